The molecule has 1 aromatic heterocycles. The number of anilines is 1. The Balaban J connectivity index is 2.56. The first-order chi connectivity index (χ1) is 9.02. The number of nitrogen functional groups attached to an aromatic ring is 1. The first-order valence-electron chi connectivity index (χ1n) is 5.60. The Labute approximate surface area is 128 Å². The van der Waals surface area contributed by atoms with Crippen LogP contribution in [0.1, 0.15) is 11.3 Å². The molecule has 1 heterocycles. The Hall–Kier alpha value is -0.980. The van der Waals surface area contributed by atoms with Crippen LogP contribution in [0.2, 0.25) is 0 Å². The number of aromatic nitrogens is 2. The molecule has 0 fully saturated rings. The fraction of sp³-hybridized carbons (Fsp3) is 0.231. The van der Waals surface area contributed by atoms with Crippen molar-refractivity contribution in [2.75, 3.05) is 12.8 Å². The monoisotopic (exact) mass is 385 g/mol. The number of hydrogen-bond donors (Lipinski definition) is 1. The van der Waals surface area contributed by atoms with Crippen LogP contribution < -0.4 is 5.73 Å². The molecule has 0 saturated heterocycles. The number of aryl methyl sites for hydroxylation is 1. The lowest BCUT2D eigenvalue weighted by atomic mass is 10.1. The van der Waals surface area contributed by atoms with Gasteiger partial charge in [0.2, 0.25) is 0 Å². The second-order valence-electron chi connectivity index (χ2n) is 4.09. The van der Waals surface area contributed by atoms with Crippen molar-refractivity contribution in [1.29, 1.82) is 0 Å². The average molecular weight is 387 g/mol. The molecule has 0 aliphatic carbocycles. The van der Waals surface area contributed by atoms with Crippen molar-refractivity contribution in [1.82, 2.24) is 9.97 Å². The maximum atomic E-state index is 5.91. The van der Waals surface area contributed by atoms with Crippen LogP contribution in [0.3, 0.4) is 0 Å². The predicted molar refractivity (Wildman–Crippen MR) is 82.7 cm³/mol. The molecule has 0 atom stereocenters. The zero-order valence-electron chi connectivity index (χ0n) is 10.6. The summed E-state index contributed by atoms with van der Waals surface area (Å²) >= 11 is 6.82. The summed E-state index contributed by atoms with van der Waals surface area (Å²) in [6, 6.07) is 5.95. The summed E-state index contributed by atoms with van der Waals surface area (Å²) in [5.41, 5.74) is 8.69. The fourth-order valence-electron chi connectivity index (χ4n) is 1.74. The van der Waals surface area contributed by atoms with Crippen LogP contribution in [0.15, 0.2) is 27.1 Å². The third kappa shape index (κ3) is 3.13. The van der Waals surface area contributed by atoms with E-state index >= 15 is 0 Å². The van der Waals surface area contributed by atoms with E-state index in [2.05, 4.69) is 41.8 Å². The molecule has 0 amide bonds. The van der Waals surface area contributed by atoms with Crippen molar-refractivity contribution >= 4 is 37.7 Å². The summed E-state index contributed by atoms with van der Waals surface area (Å²) in [4.78, 5) is 8.83. The Morgan fingerprint density at radius 1 is 1.26 bits per heavy atom. The van der Waals surface area contributed by atoms with Crippen molar-refractivity contribution in [2.45, 2.75) is 13.5 Å². The van der Waals surface area contributed by atoms with Crippen LogP contribution in [0.5, 0.6) is 0 Å². The third-order valence-electron chi connectivity index (χ3n) is 2.66. The van der Waals surface area contributed by atoms with Gasteiger partial charge in [-0.2, -0.15) is 0 Å². The van der Waals surface area contributed by atoms with E-state index in [1.165, 1.54) is 0 Å². The highest BCUT2D eigenvalue weighted by Gasteiger charge is 2.13. The quantitative estimate of drug-likeness (QED) is 0.873. The minimum absolute atomic E-state index is 0.385. The largest absolute Gasteiger partial charge is 0.383 e. The molecule has 2 aromatic rings. The Morgan fingerprint density at radius 3 is 2.63 bits per heavy atom. The topological polar surface area (TPSA) is 61.0 Å². The Bertz CT molecular complexity index is 617. The van der Waals surface area contributed by atoms with Crippen LogP contribution in [-0.2, 0) is 11.3 Å². The van der Waals surface area contributed by atoms with Crippen molar-refractivity contribution in [3.63, 3.8) is 0 Å². The summed E-state index contributed by atoms with van der Waals surface area (Å²) in [5.74, 6) is 1.03. The predicted octanol–water partition coefficient (Wildman–Crippen LogP) is 3.71. The van der Waals surface area contributed by atoms with E-state index in [0.717, 1.165) is 21.3 Å². The van der Waals surface area contributed by atoms with Gasteiger partial charge in [0.15, 0.2) is 5.82 Å². The molecule has 0 unspecified atom stereocenters. The van der Waals surface area contributed by atoms with Gasteiger partial charge in [-0.3, -0.25) is 0 Å². The van der Waals surface area contributed by atoms with Crippen LogP contribution >= 0.6 is 31.9 Å². The summed E-state index contributed by atoms with van der Waals surface area (Å²) < 4.78 is 6.83. The van der Waals surface area contributed by atoms with Crippen LogP contribution in [-0.4, -0.2) is 17.1 Å². The van der Waals surface area contributed by atoms with Gasteiger partial charge in [0.25, 0.3) is 0 Å². The van der Waals surface area contributed by atoms with Gasteiger partial charge in [-0.1, -0.05) is 15.9 Å². The van der Waals surface area contributed by atoms with Gasteiger partial charge in [0.1, 0.15) is 5.82 Å². The normalized spacial score (nSPS) is 10.7. The molecule has 19 heavy (non-hydrogen) atoms. The lowest BCUT2D eigenvalue weighted by molar-refractivity contribution is 0.181. The minimum Gasteiger partial charge on any atom is -0.383 e. The first-order valence-corrected chi connectivity index (χ1v) is 7.19. The maximum absolute atomic E-state index is 5.91. The van der Waals surface area contributed by atoms with E-state index in [9.17, 15) is 0 Å². The molecule has 6 heteroatoms. The van der Waals surface area contributed by atoms with E-state index in [-0.39, 0.29) is 0 Å². The molecule has 1 aromatic carbocycles. The molecule has 0 bridgehead atoms. The molecule has 0 spiro atoms. The van der Waals surface area contributed by atoms with Crippen LogP contribution in [0.25, 0.3) is 11.4 Å². The molecule has 0 radical (unpaired) electrons. The van der Waals surface area contributed by atoms with Gasteiger partial charge in [-0.25, -0.2) is 9.97 Å². The second-order valence-corrected chi connectivity index (χ2v) is 5.79. The summed E-state index contributed by atoms with van der Waals surface area (Å²) in [6.45, 7) is 2.40. The number of rotatable bonds is 3. The van der Waals surface area contributed by atoms with Crippen LogP contribution in [0.4, 0.5) is 5.82 Å². The zero-order valence-corrected chi connectivity index (χ0v) is 13.7. The van der Waals surface area contributed by atoms with Crippen molar-refractivity contribution in [2.24, 2.45) is 0 Å². The lowest BCUT2D eigenvalue weighted by Gasteiger charge is -2.10. The summed E-state index contributed by atoms with van der Waals surface area (Å²) in [7, 11) is 1.62. The molecule has 0 saturated carbocycles. The zero-order chi connectivity index (χ0) is 14.0. The van der Waals surface area contributed by atoms with E-state index in [0.29, 0.717) is 22.7 Å². The van der Waals surface area contributed by atoms with Crippen molar-refractivity contribution in [3.8, 4) is 11.4 Å². The van der Waals surface area contributed by atoms with Gasteiger partial charge in [-0.05, 0) is 46.6 Å². The number of hydrogen-bond acceptors (Lipinski definition) is 4. The highest BCUT2D eigenvalue weighted by Crippen LogP contribution is 2.28. The second kappa shape index (κ2) is 5.98. The lowest BCUT2D eigenvalue weighted by Crippen LogP contribution is -2.04. The van der Waals surface area contributed by atoms with E-state index in [1.54, 1.807) is 7.11 Å². The summed E-state index contributed by atoms with van der Waals surface area (Å²) in [5, 5.41) is 0. The highest BCUT2D eigenvalue weighted by atomic mass is 79.9. The Morgan fingerprint density at radius 2 is 2.00 bits per heavy atom. The van der Waals surface area contributed by atoms with E-state index in [1.807, 2.05) is 25.1 Å². The number of ether oxygens (including phenoxy) is 1. The molecular formula is C13H13Br2N3O. The van der Waals surface area contributed by atoms with Gasteiger partial charge >= 0.3 is 0 Å². The number of nitrogens with zero attached hydrogens (tertiary/aromatic N) is 2. The molecule has 0 aliphatic heterocycles. The van der Waals surface area contributed by atoms with Gasteiger partial charge in [0.05, 0.1) is 16.8 Å². The molecule has 100 valence electrons. The van der Waals surface area contributed by atoms with E-state index in [4.69, 9.17) is 10.5 Å². The van der Waals surface area contributed by atoms with Crippen LogP contribution in [0, 0.1) is 6.92 Å². The minimum atomic E-state index is 0.385. The molecule has 2 rings (SSSR count). The molecule has 4 nitrogen and oxygen atoms in total. The SMILES string of the molecule is COCc1nc(-c2ccc(Br)cc2C)nc(N)c1Br. The third-order valence-corrected chi connectivity index (χ3v) is 4.01. The number of methoxy groups -OCH3 is 1. The van der Waals surface area contributed by atoms with Crippen molar-refractivity contribution in [3.05, 3.63) is 38.4 Å². The molecule has 0 aliphatic rings. The average Bonchev–Trinajstić information content (AvgIpc) is 2.35. The van der Waals surface area contributed by atoms with Crippen molar-refractivity contribution < 1.29 is 4.74 Å². The smallest absolute Gasteiger partial charge is 0.162 e. The summed E-state index contributed by atoms with van der Waals surface area (Å²) in [6.07, 6.45) is 0. The highest BCUT2D eigenvalue weighted by molar-refractivity contribution is 9.10. The molecule has 2 N–H and O–H groups in total. The van der Waals surface area contributed by atoms with Gasteiger partial charge < -0.3 is 10.5 Å². The Kier molecular flexibility index (Phi) is 4.54. The first kappa shape index (κ1) is 14.4. The number of nitrogens with two attached hydrogens (primary N) is 1. The maximum Gasteiger partial charge on any atom is 0.162 e. The van der Waals surface area contributed by atoms with Gasteiger partial charge in [-0.15, -0.1) is 0 Å². The fourth-order valence-corrected chi connectivity index (χ4v) is 2.51. The number of halogens is 2. The van der Waals surface area contributed by atoms with Gasteiger partial charge in [0, 0.05) is 17.1 Å². The number of benzene rings is 1. The standard InChI is InChI=1S/C13H13Br2N3O/c1-7-5-8(14)3-4-9(7)13-17-10(6-19-2)11(15)12(16)18-13/h3-5H,6H2,1-2H3,(H2,16,17,18). The molecular weight excluding hydrogens is 374 g/mol. The van der Waals surface area contributed by atoms with E-state index < -0.39 is 0 Å².